The van der Waals surface area contributed by atoms with Crippen molar-refractivity contribution < 1.29 is 9.59 Å². The Kier molecular flexibility index (Phi) is 3.42. The van der Waals surface area contributed by atoms with E-state index in [4.69, 9.17) is 0 Å². The van der Waals surface area contributed by atoms with Crippen LogP contribution in [0.4, 0.5) is 0 Å². The number of rotatable bonds is 3. The molecule has 2 aliphatic rings. The Hall–Kier alpha value is -1.12. The number of hydrogen-bond acceptors (Lipinski definition) is 2. The van der Waals surface area contributed by atoms with Gasteiger partial charge in [-0.15, -0.1) is 6.58 Å². The van der Waals surface area contributed by atoms with E-state index in [1.54, 1.807) is 6.08 Å². The summed E-state index contributed by atoms with van der Waals surface area (Å²) in [4.78, 5) is 23.7. The summed E-state index contributed by atoms with van der Waals surface area (Å²) in [5.41, 5.74) is 0. The quantitative estimate of drug-likeness (QED) is 0.737. The Morgan fingerprint density at radius 3 is 2.56 bits per heavy atom. The molecule has 16 heavy (non-hydrogen) atoms. The van der Waals surface area contributed by atoms with Crippen LogP contribution in [0.1, 0.15) is 32.1 Å². The number of carbonyl (C=O) groups is 2. The highest BCUT2D eigenvalue weighted by Gasteiger charge is 2.40. The molecule has 1 amide bonds. The van der Waals surface area contributed by atoms with E-state index in [2.05, 4.69) is 11.9 Å². The van der Waals surface area contributed by atoms with Gasteiger partial charge in [-0.1, -0.05) is 12.5 Å². The van der Waals surface area contributed by atoms with Gasteiger partial charge in [0, 0.05) is 24.3 Å². The second kappa shape index (κ2) is 4.81. The lowest BCUT2D eigenvalue weighted by Crippen LogP contribution is -2.42. The van der Waals surface area contributed by atoms with Crippen molar-refractivity contribution in [3.8, 4) is 0 Å². The molecule has 3 heteroatoms. The Morgan fingerprint density at radius 2 is 2.00 bits per heavy atom. The van der Waals surface area contributed by atoms with Crippen molar-refractivity contribution in [1.29, 1.82) is 0 Å². The van der Waals surface area contributed by atoms with Gasteiger partial charge < -0.3 is 5.32 Å². The predicted octanol–water partition coefficient (Wildman–Crippen LogP) is 1.68. The third-order valence-corrected chi connectivity index (χ3v) is 3.84. The third-order valence-electron chi connectivity index (χ3n) is 3.84. The van der Waals surface area contributed by atoms with Gasteiger partial charge in [0.15, 0.2) is 0 Å². The zero-order valence-corrected chi connectivity index (χ0v) is 9.58. The molecule has 0 saturated heterocycles. The van der Waals surface area contributed by atoms with Crippen molar-refractivity contribution >= 4 is 11.7 Å². The molecule has 2 atom stereocenters. The molecule has 0 spiro atoms. The van der Waals surface area contributed by atoms with Crippen molar-refractivity contribution in [3.63, 3.8) is 0 Å². The molecule has 0 aromatic carbocycles. The molecule has 3 nitrogen and oxygen atoms in total. The highest BCUT2D eigenvalue weighted by atomic mass is 16.2. The maximum Gasteiger partial charge on any atom is 0.223 e. The van der Waals surface area contributed by atoms with Gasteiger partial charge in [-0.05, 0) is 25.7 Å². The molecule has 0 aliphatic heterocycles. The molecule has 0 radical (unpaired) electrons. The summed E-state index contributed by atoms with van der Waals surface area (Å²) in [6.45, 7) is 4.10. The topological polar surface area (TPSA) is 46.2 Å². The van der Waals surface area contributed by atoms with Gasteiger partial charge in [0.05, 0.1) is 0 Å². The average molecular weight is 221 g/mol. The SMILES string of the molecule is C=CCNC(=O)C1C[C@@H]2CCC[C@@H](C1)C2=O. The minimum absolute atomic E-state index is 0.0490. The van der Waals surface area contributed by atoms with Gasteiger partial charge in [-0.3, -0.25) is 9.59 Å². The summed E-state index contributed by atoms with van der Waals surface area (Å²) in [6, 6.07) is 0. The Morgan fingerprint density at radius 1 is 1.38 bits per heavy atom. The van der Waals surface area contributed by atoms with Gasteiger partial charge >= 0.3 is 0 Å². The highest BCUT2D eigenvalue weighted by molar-refractivity contribution is 5.88. The Balaban J connectivity index is 1.96. The Labute approximate surface area is 96.3 Å². The smallest absolute Gasteiger partial charge is 0.223 e. The summed E-state index contributed by atoms with van der Waals surface area (Å²) >= 11 is 0. The second-order valence-corrected chi connectivity index (χ2v) is 4.93. The van der Waals surface area contributed by atoms with E-state index < -0.39 is 0 Å². The molecule has 2 rings (SSSR count). The van der Waals surface area contributed by atoms with Crippen LogP contribution in [0.2, 0.25) is 0 Å². The van der Waals surface area contributed by atoms with Gasteiger partial charge in [-0.2, -0.15) is 0 Å². The zero-order valence-electron chi connectivity index (χ0n) is 9.58. The summed E-state index contributed by atoms with van der Waals surface area (Å²) in [6.07, 6.45) is 6.34. The van der Waals surface area contributed by atoms with Crippen LogP contribution in [0.25, 0.3) is 0 Å². The van der Waals surface area contributed by atoms with Gasteiger partial charge in [0.2, 0.25) is 5.91 Å². The first kappa shape index (κ1) is 11.4. The molecule has 0 unspecified atom stereocenters. The van der Waals surface area contributed by atoms with Crippen LogP contribution in [0, 0.1) is 17.8 Å². The first-order valence-electron chi connectivity index (χ1n) is 6.14. The number of amides is 1. The van der Waals surface area contributed by atoms with Gasteiger partial charge in [0.1, 0.15) is 5.78 Å². The van der Waals surface area contributed by atoms with E-state index >= 15 is 0 Å². The molecular formula is C13H19NO2. The summed E-state index contributed by atoms with van der Waals surface area (Å²) in [7, 11) is 0. The standard InChI is InChI=1S/C13H19NO2/c1-2-6-14-13(16)11-7-9-4-3-5-10(8-11)12(9)15/h2,9-11H,1,3-8H2,(H,14,16)/t9-,10-/m0/s1. The van der Waals surface area contributed by atoms with E-state index in [9.17, 15) is 9.59 Å². The summed E-state index contributed by atoms with van der Waals surface area (Å²) in [5, 5.41) is 2.84. The largest absolute Gasteiger partial charge is 0.352 e. The van der Waals surface area contributed by atoms with E-state index in [1.165, 1.54) is 0 Å². The fourth-order valence-electron chi connectivity index (χ4n) is 3.01. The molecule has 2 aliphatic carbocycles. The minimum atomic E-state index is 0.0490. The molecule has 2 saturated carbocycles. The second-order valence-electron chi connectivity index (χ2n) is 4.93. The molecule has 2 bridgehead atoms. The first-order valence-corrected chi connectivity index (χ1v) is 6.14. The number of carbonyl (C=O) groups excluding carboxylic acids is 2. The zero-order chi connectivity index (χ0) is 11.5. The van der Waals surface area contributed by atoms with E-state index in [1.807, 2.05) is 0 Å². The van der Waals surface area contributed by atoms with E-state index in [0.29, 0.717) is 12.3 Å². The van der Waals surface area contributed by atoms with Crippen LogP contribution in [0.3, 0.4) is 0 Å². The van der Waals surface area contributed by atoms with Crippen molar-refractivity contribution in [3.05, 3.63) is 12.7 Å². The lowest BCUT2D eigenvalue weighted by molar-refractivity contribution is -0.137. The molecule has 0 aromatic heterocycles. The number of nitrogens with one attached hydrogen (secondary N) is 1. The van der Waals surface area contributed by atoms with Gasteiger partial charge in [-0.25, -0.2) is 0 Å². The van der Waals surface area contributed by atoms with Crippen LogP contribution in [0.5, 0.6) is 0 Å². The van der Waals surface area contributed by atoms with E-state index in [0.717, 1.165) is 32.1 Å². The summed E-state index contributed by atoms with van der Waals surface area (Å²) < 4.78 is 0. The van der Waals surface area contributed by atoms with Crippen molar-refractivity contribution in [1.82, 2.24) is 5.32 Å². The fraction of sp³-hybridized carbons (Fsp3) is 0.692. The van der Waals surface area contributed by atoms with Crippen LogP contribution in [0.15, 0.2) is 12.7 Å². The fourth-order valence-corrected chi connectivity index (χ4v) is 3.01. The van der Waals surface area contributed by atoms with Crippen molar-refractivity contribution in [2.45, 2.75) is 32.1 Å². The molecule has 1 N–H and O–H groups in total. The van der Waals surface area contributed by atoms with E-state index in [-0.39, 0.29) is 23.7 Å². The maximum atomic E-state index is 11.8. The lowest BCUT2D eigenvalue weighted by Gasteiger charge is -2.36. The van der Waals surface area contributed by atoms with Crippen LogP contribution in [-0.2, 0) is 9.59 Å². The highest BCUT2D eigenvalue weighted by Crippen LogP contribution is 2.39. The van der Waals surface area contributed by atoms with Crippen LogP contribution >= 0.6 is 0 Å². The maximum absolute atomic E-state index is 11.8. The minimum Gasteiger partial charge on any atom is -0.352 e. The predicted molar refractivity (Wildman–Crippen MR) is 61.8 cm³/mol. The molecular weight excluding hydrogens is 202 g/mol. The number of fused-ring (bicyclic) bond motifs is 2. The third kappa shape index (κ3) is 2.18. The number of Topliss-reactive ketones (excluding diaryl/α,β-unsaturated/α-hetero) is 1. The van der Waals surface area contributed by atoms with Crippen LogP contribution in [-0.4, -0.2) is 18.2 Å². The normalized spacial score (nSPS) is 33.2. The molecule has 2 fully saturated rings. The van der Waals surface area contributed by atoms with Crippen LogP contribution < -0.4 is 5.32 Å². The summed E-state index contributed by atoms with van der Waals surface area (Å²) in [5.74, 6) is 0.884. The average Bonchev–Trinajstić information content (AvgIpc) is 2.25. The monoisotopic (exact) mass is 221 g/mol. The number of ketones is 1. The Bertz CT molecular complexity index is 295. The lowest BCUT2D eigenvalue weighted by atomic mass is 9.67. The molecule has 88 valence electrons. The number of hydrogen-bond donors (Lipinski definition) is 1. The van der Waals surface area contributed by atoms with Gasteiger partial charge in [0.25, 0.3) is 0 Å². The molecule has 0 aromatic rings. The van der Waals surface area contributed by atoms with Crippen molar-refractivity contribution in [2.24, 2.45) is 17.8 Å². The van der Waals surface area contributed by atoms with Crippen molar-refractivity contribution in [2.75, 3.05) is 6.54 Å². The molecule has 0 heterocycles. The first-order chi connectivity index (χ1) is 7.72.